The molecule has 0 bridgehead atoms. The van der Waals surface area contributed by atoms with Gasteiger partial charge in [-0.15, -0.1) is 0 Å². The van der Waals surface area contributed by atoms with Crippen LogP contribution in [0.2, 0.25) is 0 Å². The van der Waals surface area contributed by atoms with Crippen molar-refractivity contribution < 1.29 is 76.9 Å². The Morgan fingerprint density at radius 1 is 0.745 bits per heavy atom. The van der Waals surface area contributed by atoms with E-state index in [1.807, 2.05) is 0 Å². The Kier molecular flexibility index (Phi) is 13.1. The van der Waals surface area contributed by atoms with Crippen molar-refractivity contribution in [2.24, 2.45) is 0 Å². The number of carbonyl (C=O) groups is 6. The highest BCUT2D eigenvalue weighted by Crippen LogP contribution is 2.36. The molecule has 4 aromatic rings. The Hall–Kier alpha value is -6.95. The number of benzene rings is 4. The van der Waals surface area contributed by atoms with Crippen molar-refractivity contribution in [3.63, 3.8) is 0 Å². The predicted octanol–water partition coefficient (Wildman–Crippen LogP) is 4.29. The minimum absolute atomic E-state index is 0.0119. The van der Waals surface area contributed by atoms with Crippen LogP contribution in [0.5, 0.6) is 23.0 Å². The lowest BCUT2D eigenvalue weighted by molar-refractivity contribution is -0.192. The maximum atomic E-state index is 13.7. The number of hydrogen-bond donors (Lipinski definition) is 7. The number of phenols is 3. The van der Waals surface area contributed by atoms with E-state index in [4.69, 9.17) is 19.4 Å². The Labute approximate surface area is 308 Å². The van der Waals surface area contributed by atoms with Crippen molar-refractivity contribution in [3.8, 4) is 23.0 Å². The SMILES string of the molecule is O=C(N[C@H]1CNCCC[C@@H]1OC(=O)c1cc(O)c(C(=O)c2c(O)cccc2C(=O)O)c(OC(=O)c2ccccc2)c1)c1ccc(O)cc1.O=C(O)C(F)(F)F. The average molecular weight is 769 g/mol. The molecule has 1 fully saturated rings. The number of ketones is 1. The molecule has 4 aromatic carbocycles. The fourth-order valence-electron chi connectivity index (χ4n) is 5.22. The zero-order valence-corrected chi connectivity index (χ0v) is 28.2. The van der Waals surface area contributed by atoms with Crippen LogP contribution in [-0.4, -0.2) is 92.5 Å². The van der Waals surface area contributed by atoms with Gasteiger partial charge in [0.15, 0.2) is 0 Å². The fraction of sp³-hybridized carbons (Fsp3) is 0.189. The van der Waals surface area contributed by atoms with Gasteiger partial charge in [-0.25, -0.2) is 19.2 Å². The Bertz CT molecular complexity index is 2090. The van der Waals surface area contributed by atoms with E-state index in [1.165, 1.54) is 42.5 Å². The highest BCUT2D eigenvalue weighted by molar-refractivity contribution is 6.19. The molecule has 7 N–H and O–H groups in total. The summed E-state index contributed by atoms with van der Waals surface area (Å²) in [6.07, 6.45) is -4.98. The van der Waals surface area contributed by atoms with Gasteiger partial charge in [-0.2, -0.15) is 13.2 Å². The van der Waals surface area contributed by atoms with Gasteiger partial charge in [0, 0.05) is 12.1 Å². The number of nitrogens with one attached hydrogen (secondary N) is 2. The molecule has 1 aliphatic heterocycles. The van der Waals surface area contributed by atoms with Gasteiger partial charge < -0.3 is 45.6 Å². The number of carboxylic acid groups (broad SMARTS) is 2. The zero-order chi connectivity index (χ0) is 40.4. The van der Waals surface area contributed by atoms with Crippen molar-refractivity contribution >= 4 is 35.6 Å². The number of alkyl halides is 3. The van der Waals surface area contributed by atoms with Crippen LogP contribution < -0.4 is 15.4 Å². The first-order valence-electron chi connectivity index (χ1n) is 16.0. The van der Waals surface area contributed by atoms with Crippen LogP contribution in [0.15, 0.2) is 84.9 Å². The smallest absolute Gasteiger partial charge is 0.490 e. The van der Waals surface area contributed by atoms with Gasteiger partial charge in [0.1, 0.15) is 34.7 Å². The summed E-state index contributed by atoms with van der Waals surface area (Å²) in [6.45, 7) is 0.842. The number of halogens is 3. The molecular formula is C37H31F3N2O13. The molecule has 5 rings (SSSR count). The second kappa shape index (κ2) is 17.7. The third kappa shape index (κ3) is 10.6. The summed E-state index contributed by atoms with van der Waals surface area (Å²) in [5, 5.41) is 53.9. The summed E-state index contributed by atoms with van der Waals surface area (Å²) < 4.78 is 43.0. The zero-order valence-electron chi connectivity index (χ0n) is 28.2. The maximum absolute atomic E-state index is 13.7. The molecule has 2 atom stereocenters. The number of phenolic OH excluding ortho intramolecular Hbond substituents is 3. The largest absolute Gasteiger partial charge is 0.508 e. The van der Waals surface area contributed by atoms with E-state index < -0.39 is 87.8 Å². The molecule has 0 aliphatic carbocycles. The molecule has 18 heteroatoms. The Morgan fingerprint density at radius 3 is 2.02 bits per heavy atom. The number of hydrogen-bond acceptors (Lipinski definition) is 12. The van der Waals surface area contributed by atoms with Crippen LogP contribution >= 0.6 is 0 Å². The van der Waals surface area contributed by atoms with Crippen LogP contribution in [0.25, 0.3) is 0 Å². The lowest BCUT2D eigenvalue weighted by atomic mass is 9.95. The summed E-state index contributed by atoms with van der Waals surface area (Å²) in [5.74, 6) is -10.1. The van der Waals surface area contributed by atoms with Crippen LogP contribution in [-0.2, 0) is 9.53 Å². The van der Waals surface area contributed by atoms with E-state index in [9.17, 15) is 57.6 Å². The third-order valence-corrected chi connectivity index (χ3v) is 7.86. The lowest BCUT2D eigenvalue weighted by Crippen LogP contribution is -2.49. The summed E-state index contributed by atoms with van der Waals surface area (Å²) in [5.41, 5.74) is -1.92. The number of carbonyl (C=O) groups excluding carboxylic acids is 4. The first-order valence-corrected chi connectivity index (χ1v) is 16.0. The van der Waals surface area contributed by atoms with E-state index in [0.29, 0.717) is 19.4 Å². The topological polar surface area (TPSA) is 246 Å². The van der Waals surface area contributed by atoms with E-state index in [2.05, 4.69) is 10.6 Å². The fourth-order valence-corrected chi connectivity index (χ4v) is 5.22. The quantitative estimate of drug-likeness (QED) is 0.0714. The molecule has 15 nitrogen and oxygen atoms in total. The third-order valence-electron chi connectivity index (χ3n) is 7.86. The average Bonchev–Trinajstić information content (AvgIpc) is 3.35. The van der Waals surface area contributed by atoms with E-state index >= 15 is 0 Å². The summed E-state index contributed by atoms with van der Waals surface area (Å²) in [4.78, 5) is 74.0. The number of aromatic hydroxyl groups is 3. The standard InChI is InChI=1S/C35H30N2O11.C2HF3O2/c38-22-13-11-19(12-14-22)32(42)37-24-18-36-15-5-10-27(24)47-35(46)21-16-26(40)30(28(17-21)48-34(45)20-6-2-1-3-7-20)31(41)29-23(33(43)44)8-4-9-25(29)39;3-2(4,5)1(6)7/h1-4,6-9,11-14,16-17,24,27,36,38-40H,5,10,15,18H2,(H,37,42)(H,43,44);(H,6,7)/t24-,27-;/m0./s1. The molecule has 55 heavy (non-hydrogen) atoms. The minimum Gasteiger partial charge on any atom is -0.508 e. The molecule has 0 saturated carbocycles. The van der Waals surface area contributed by atoms with Gasteiger partial charge in [-0.1, -0.05) is 24.3 Å². The van der Waals surface area contributed by atoms with Crippen molar-refractivity contribution in [3.05, 3.63) is 118 Å². The number of aliphatic carboxylic acids is 1. The first-order chi connectivity index (χ1) is 26.0. The molecule has 1 aliphatic rings. The molecule has 1 heterocycles. The van der Waals surface area contributed by atoms with Crippen LogP contribution in [0.1, 0.15) is 70.2 Å². The van der Waals surface area contributed by atoms with E-state index in [0.717, 1.165) is 24.3 Å². The normalized spacial score (nSPS) is 15.3. The molecule has 288 valence electrons. The van der Waals surface area contributed by atoms with Gasteiger partial charge in [-0.3, -0.25) is 9.59 Å². The number of ether oxygens (including phenoxy) is 2. The van der Waals surface area contributed by atoms with Crippen LogP contribution in [0, 0.1) is 0 Å². The number of rotatable bonds is 9. The monoisotopic (exact) mass is 768 g/mol. The summed E-state index contributed by atoms with van der Waals surface area (Å²) >= 11 is 0. The summed E-state index contributed by atoms with van der Waals surface area (Å²) in [6, 6.07) is 17.8. The Balaban J connectivity index is 0.000000876. The van der Waals surface area contributed by atoms with Gasteiger partial charge >= 0.3 is 30.1 Å². The van der Waals surface area contributed by atoms with E-state index in [-0.39, 0.29) is 29.0 Å². The molecule has 0 aromatic heterocycles. The van der Waals surface area contributed by atoms with Crippen LogP contribution in [0.3, 0.4) is 0 Å². The second-order valence-corrected chi connectivity index (χ2v) is 11.7. The van der Waals surface area contributed by atoms with Crippen molar-refractivity contribution in [2.45, 2.75) is 31.2 Å². The van der Waals surface area contributed by atoms with Crippen LogP contribution in [0.4, 0.5) is 13.2 Å². The van der Waals surface area contributed by atoms with Gasteiger partial charge in [0.25, 0.3) is 5.91 Å². The lowest BCUT2D eigenvalue weighted by Gasteiger charge is -2.26. The maximum Gasteiger partial charge on any atom is 0.490 e. The van der Waals surface area contributed by atoms with Gasteiger partial charge in [-0.05, 0) is 80.1 Å². The predicted molar refractivity (Wildman–Crippen MR) is 182 cm³/mol. The molecule has 0 radical (unpaired) electrons. The highest BCUT2D eigenvalue weighted by atomic mass is 19.4. The summed E-state index contributed by atoms with van der Waals surface area (Å²) in [7, 11) is 0. The van der Waals surface area contributed by atoms with Crippen molar-refractivity contribution in [2.75, 3.05) is 13.1 Å². The first kappa shape index (κ1) is 40.8. The number of amides is 1. The minimum atomic E-state index is -5.08. The van der Waals surface area contributed by atoms with Gasteiger partial charge in [0.2, 0.25) is 5.78 Å². The number of esters is 2. The molecular weight excluding hydrogens is 737 g/mol. The second-order valence-electron chi connectivity index (χ2n) is 11.7. The molecule has 0 spiro atoms. The number of aromatic carboxylic acids is 1. The van der Waals surface area contributed by atoms with Crippen molar-refractivity contribution in [1.29, 1.82) is 0 Å². The highest BCUT2D eigenvalue weighted by Gasteiger charge is 2.38. The van der Waals surface area contributed by atoms with Crippen molar-refractivity contribution in [1.82, 2.24) is 10.6 Å². The Morgan fingerprint density at radius 2 is 1.40 bits per heavy atom. The van der Waals surface area contributed by atoms with E-state index in [1.54, 1.807) is 18.2 Å². The molecule has 1 amide bonds. The molecule has 1 saturated heterocycles. The molecule has 0 unspecified atom stereocenters. The van der Waals surface area contributed by atoms with Gasteiger partial charge in [0.05, 0.1) is 28.3 Å². The number of carboxylic acids is 2.